The van der Waals surface area contributed by atoms with E-state index in [0.29, 0.717) is 6.54 Å². The third-order valence-corrected chi connectivity index (χ3v) is 3.54. The van der Waals surface area contributed by atoms with Gasteiger partial charge < -0.3 is 10.1 Å². The number of hydrogen-bond acceptors (Lipinski definition) is 3. The van der Waals surface area contributed by atoms with E-state index >= 15 is 0 Å². The minimum absolute atomic E-state index is 0.0398. The van der Waals surface area contributed by atoms with Crippen LogP contribution in [0, 0.1) is 0 Å². The number of amides is 1. The van der Waals surface area contributed by atoms with Gasteiger partial charge in [-0.2, -0.15) is 0 Å². The second-order valence-corrected chi connectivity index (χ2v) is 5.38. The van der Waals surface area contributed by atoms with Gasteiger partial charge in [-0.1, -0.05) is 32.6 Å². The van der Waals surface area contributed by atoms with Gasteiger partial charge in [0.25, 0.3) is 0 Å². The second-order valence-electron chi connectivity index (χ2n) is 5.38. The molecule has 1 rings (SSSR count). The minimum Gasteiger partial charge on any atom is -0.459 e. The van der Waals surface area contributed by atoms with Gasteiger partial charge in [0.05, 0.1) is 0 Å². The van der Waals surface area contributed by atoms with Crippen molar-refractivity contribution in [2.75, 3.05) is 6.54 Å². The molecule has 4 heteroatoms. The highest BCUT2D eigenvalue weighted by Gasteiger charge is 2.16. The zero-order valence-electron chi connectivity index (χ0n) is 12.5. The summed E-state index contributed by atoms with van der Waals surface area (Å²) in [7, 11) is 0. The van der Waals surface area contributed by atoms with Crippen molar-refractivity contribution in [1.29, 1.82) is 0 Å². The van der Waals surface area contributed by atoms with Gasteiger partial charge in [-0.3, -0.25) is 4.79 Å². The molecule has 0 aromatic heterocycles. The molecule has 1 fully saturated rings. The Bertz CT molecular complexity index is 320. The number of unbranched alkanes of at least 4 members (excludes halogenated alkanes) is 3. The third kappa shape index (κ3) is 7.97. The molecule has 0 saturated heterocycles. The molecule has 0 aliphatic heterocycles. The minimum atomic E-state index is -0.405. The van der Waals surface area contributed by atoms with Crippen molar-refractivity contribution in [2.24, 2.45) is 0 Å². The van der Waals surface area contributed by atoms with Gasteiger partial charge in [-0.15, -0.1) is 0 Å². The van der Waals surface area contributed by atoms with Crippen LogP contribution in [0.2, 0.25) is 0 Å². The lowest BCUT2D eigenvalue weighted by Crippen LogP contribution is -2.23. The van der Waals surface area contributed by atoms with Crippen LogP contribution in [-0.4, -0.2) is 24.5 Å². The van der Waals surface area contributed by atoms with Crippen molar-refractivity contribution in [1.82, 2.24) is 5.32 Å². The fourth-order valence-corrected chi connectivity index (χ4v) is 2.35. The number of carbonyl (C=O) groups is 2. The van der Waals surface area contributed by atoms with Gasteiger partial charge in [0.2, 0.25) is 5.91 Å². The van der Waals surface area contributed by atoms with E-state index in [1.54, 1.807) is 0 Å². The monoisotopic (exact) mass is 281 g/mol. The average molecular weight is 281 g/mol. The zero-order valence-corrected chi connectivity index (χ0v) is 12.5. The summed E-state index contributed by atoms with van der Waals surface area (Å²) < 4.78 is 5.29. The van der Waals surface area contributed by atoms with E-state index in [2.05, 4.69) is 12.2 Å². The van der Waals surface area contributed by atoms with Gasteiger partial charge in [0.15, 0.2) is 0 Å². The maximum absolute atomic E-state index is 11.5. The van der Waals surface area contributed by atoms with Crippen molar-refractivity contribution in [3.05, 3.63) is 12.2 Å². The molecule has 0 atom stereocenters. The maximum Gasteiger partial charge on any atom is 0.331 e. The van der Waals surface area contributed by atoms with Gasteiger partial charge in [-0.25, -0.2) is 4.79 Å². The van der Waals surface area contributed by atoms with Crippen LogP contribution in [-0.2, 0) is 14.3 Å². The van der Waals surface area contributed by atoms with Crippen LogP contribution in [0.15, 0.2) is 12.2 Å². The fourth-order valence-electron chi connectivity index (χ4n) is 2.35. The molecule has 0 unspecified atom stereocenters. The highest BCUT2D eigenvalue weighted by molar-refractivity contribution is 5.94. The predicted octanol–water partition coefficient (Wildman–Crippen LogP) is 3.12. The normalized spacial score (nSPS) is 16.2. The van der Waals surface area contributed by atoms with Crippen LogP contribution in [0.25, 0.3) is 0 Å². The molecule has 1 aliphatic carbocycles. The quantitative estimate of drug-likeness (QED) is 0.422. The summed E-state index contributed by atoms with van der Waals surface area (Å²) in [4.78, 5) is 23.0. The first-order chi connectivity index (χ1) is 9.72. The van der Waals surface area contributed by atoms with Crippen LogP contribution in [0.5, 0.6) is 0 Å². The number of esters is 1. The Labute approximate surface area is 122 Å². The van der Waals surface area contributed by atoms with E-state index < -0.39 is 5.97 Å². The molecule has 0 aromatic carbocycles. The van der Waals surface area contributed by atoms with Gasteiger partial charge in [0, 0.05) is 18.7 Å². The standard InChI is InChI=1S/C16H27NO3/c1-2-3-4-8-13-17-15(18)11-12-16(19)20-14-9-6-5-7-10-14/h11-12,14H,2-10,13H2,1H3,(H,17,18). The lowest BCUT2D eigenvalue weighted by Gasteiger charge is -2.20. The summed E-state index contributed by atoms with van der Waals surface area (Å²) in [6.07, 6.45) is 12.4. The van der Waals surface area contributed by atoms with Crippen molar-refractivity contribution < 1.29 is 14.3 Å². The van der Waals surface area contributed by atoms with Crippen LogP contribution in [0.4, 0.5) is 0 Å². The molecular weight excluding hydrogens is 254 g/mol. The summed E-state index contributed by atoms with van der Waals surface area (Å²) in [5, 5.41) is 2.77. The summed E-state index contributed by atoms with van der Waals surface area (Å²) in [6, 6.07) is 0. The molecule has 1 N–H and O–H groups in total. The largest absolute Gasteiger partial charge is 0.459 e. The van der Waals surface area contributed by atoms with Gasteiger partial charge in [-0.05, 0) is 32.1 Å². The maximum atomic E-state index is 11.5. The number of hydrogen-bond donors (Lipinski definition) is 1. The van der Waals surface area contributed by atoms with E-state index in [9.17, 15) is 9.59 Å². The summed E-state index contributed by atoms with van der Waals surface area (Å²) in [6.45, 7) is 2.82. The molecule has 4 nitrogen and oxygen atoms in total. The fraction of sp³-hybridized carbons (Fsp3) is 0.750. The van der Waals surface area contributed by atoms with Crippen molar-refractivity contribution in [3.8, 4) is 0 Å². The van der Waals surface area contributed by atoms with E-state index in [0.717, 1.165) is 38.5 Å². The third-order valence-electron chi connectivity index (χ3n) is 3.54. The van der Waals surface area contributed by atoms with Crippen LogP contribution >= 0.6 is 0 Å². The molecule has 0 bridgehead atoms. The predicted molar refractivity (Wildman–Crippen MR) is 79.3 cm³/mol. The molecule has 0 heterocycles. The van der Waals surface area contributed by atoms with Crippen LogP contribution in [0.3, 0.4) is 0 Å². The lowest BCUT2D eigenvalue weighted by atomic mass is 9.98. The SMILES string of the molecule is CCCCCCNC(=O)C=CC(=O)OC1CCCCC1. The number of rotatable bonds is 8. The average Bonchev–Trinajstić information content (AvgIpc) is 2.46. The number of carbonyl (C=O) groups excluding carboxylic acids is 2. The Morgan fingerprint density at radius 3 is 2.55 bits per heavy atom. The Balaban J connectivity index is 2.11. The highest BCUT2D eigenvalue weighted by atomic mass is 16.5. The Morgan fingerprint density at radius 2 is 1.85 bits per heavy atom. The van der Waals surface area contributed by atoms with Crippen molar-refractivity contribution in [3.63, 3.8) is 0 Å². The van der Waals surface area contributed by atoms with E-state index in [1.807, 2.05) is 0 Å². The molecule has 0 radical (unpaired) electrons. The molecule has 0 spiro atoms. The van der Waals surface area contributed by atoms with Gasteiger partial charge >= 0.3 is 5.97 Å². The number of nitrogens with one attached hydrogen (secondary N) is 1. The summed E-state index contributed by atoms with van der Waals surface area (Å²) >= 11 is 0. The molecular formula is C16H27NO3. The molecule has 1 amide bonds. The van der Waals surface area contributed by atoms with Crippen LogP contribution in [0.1, 0.15) is 64.7 Å². The topological polar surface area (TPSA) is 55.4 Å². The second kappa shape index (κ2) is 10.5. The summed E-state index contributed by atoms with van der Waals surface area (Å²) in [5.74, 6) is -0.625. The Hall–Kier alpha value is -1.32. The van der Waals surface area contributed by atoms with Gasteiger partial charge in [0.1, 0.15) is 6.10 Å². The zero-order chi connectivity index (χ0) is 14.6. The smallest absolute Gasteiger partial charge is 0.331 e. The Kier molecular flexibility index (Phi) is 8.76. The van der Waals surface area contributed by atoms with Crippen molar-refractivity contribution >= 4 is 11.9 Å². The highest BCUT2D eigenvalue weighted by Crippen LogP contribution is 2.20. The first-order valence-corrected chi connectivity index (χ1v) is 7.89. The molecule has 1 saturated carbocycles. The lowest BCUT2D eigenvalue weighted by molar-refractivity contribution is -0.144. The number of ether oxygens (including phenoxy) is 1. The first-order valence-electron chi connectivity index (χ1n) is 7.89. The summed E-state index contributed by atoms with van der Waals surface area (Å²) in [5.41, 5.74) is 0. The molecule has 114 valence electrons. The molecule has 0 aromatic rings. The Morgan fingerprint density at radius 1 is 1.10 bits per heavy atom. The van der Waals surface area contributed by atoms with E-state index in [-0.39, 0.29) is 12.0 Å². The van der Waals surface area contributed by atoms with E-state index in [4.69, 9.17) is 4.74 Å². The molecule has 20 heavy (non-hydrogen) atoms. The molecule has 1 aliphatic rings. The van der Waals surface area contributed by atoms with Crippen molar-refractivity contribution in [2.45, 2.75) is 70.8 Å². The van der Waals surface area contributed by atoms with E-state index in [1.165, 1.54) is 31.4 Å². The van der Waals surface area contributed by atoms with Crippen LogP contribution < -0.4 is 5.32 Å². The first kappa shape index (κ1) is 16.7.